The summed E-state index contributed by atoms with van der Waals surface area (Å²) in [5, 5.41) is 0. The molecule has 3 aromatic rings. The van der Waals surface area contributed by atoms with E-state index in [0.717, 1.165) is 43.4 Å². The SMILES string of the molecule is CC1CCC(c2ccc(-c3cc(F)c(C(F)(F)Oc4cc(F)c(F)c(F)c4)c(F)c3)cc2)CC1. The fourth-order valence-corrected chi connectivity index (χ4v) is 4.35. The van der Waals surface area contributed by atoms with Crippen molar-refractivity contribution in [2.45, 2.75) is 44.6 Å². The van der Waals surface area contributed by atoms with E-state index in [0.29, 0.717) is 17.4 Å². The molecule has 0 spiro atoms. The fraction of sp³-hybridized carbons (Fsp3) is 0.308. The fourth-order valence-electron chi connectivity index (χ4n) is 4.35. The van der Waals surface area contributed by atoms with Crippen molar-refractivity contribution in [2.75, 3.05) is 0 Å². The number of benzene rings is 3. The zero-order valence-corrected chi connectivity index (χ0v) is 18.2. The standard InChI is InChI=1S/C26H21F7O/c1-14-2-4-15(5-3-14)16-6-8-17(9-7-16)18-10-20(27)24(21(28)11-18)26(32,33)34-19-12-22(29)25(31)23(30)13-19/h6-15H,2-5H2,1H3. The maximum atomic E-state index is 14.6. The molecule has 8 heteroatoms. The molecule has 0 aliphatic heterocycles. The summed E-state index contributed by atoms with van der Waals surface area (Å²) in [5.41, 5.74) is -0.136. The second-order valence-corrected chi connectivity index (χ2v) is 8.71. The lowest BCUT2D eigenvalue weighted by atomic mass is 9.79. The third-order valence-corrected chi connectivity index (χ3v) is 6.27. The van der Waals surface area contributed by atoms with Crippen LogP contribution in [0.5, 0.6) is 5.75 Å². The Morgan fingerprint density at radius 3 is 1.76 bits per heavy atom. The first-order valence-electron chi connectivity index (χ1n) is 10.9. The van der Waals surface area contributed by atoms with Gasteiger partial charge in [-0.1, -0.05) is 44.0 Å². The maximum Gasteiger partial charge on any atom is 0.432 e. The minimum absolute atomic E-state index is 0.0391. The predicted octanol–water partition coefficient (Wildman–Crippen LogP) is 8.47. The van der Waals surface area contributed by atoms with E-state index >= 15 is 0 Å². The van der Waals surface area contributed by atoms with Gasteiger partial charge in [0.2, 0.25) is 0 Å². The summed E-state index contributed by atoms with van der Waals surface area (Å²) in [7, 11) is 0. The predicted molar refractivity (Wildman–Crippen MR) is 113 cm³/mol. The van der Waals surface area contributed by atoms with E-state index in [9.17, 15) is 30.7 Å². The van der Waals surface area contributed by atoms with Gasteiger partial charge in [0.1, 0.15) is 22.9 Å². The molecule has 1 aliphatic rings. The molecule has 4 rings (SSSR count). The van der Waals surface area contributed by atoms with Gasteiger partial charge in [-0.3, -0.25) is 0 Å². The molecule has 0 bridgehead atoms. The van der Waals surface area contributed by atoms with Gasteiger partial charge < -0.3 is 4.74 Å². The molecule has 3 aromatic carbocycles. The molecule has 1 aliphatic carbocycles. The Bertz CT molecular complexity index is 1140. The van der Waals surface area contributed by atoms with Crippen LogP contribution in [-0.4, -0.2) is 0 Å². The Morgan fingerprint density at radius 1 is 0.706 bits per heavy atom. The lowest BCUT2D eigenvalue weighted by Crippen LogP contribution is -2.25. The van der Waals surface area contributed by atoms with Gasteiger partial charge in [-0.2, -0.15) is 8.78 Å². The summed E-state index contributed by atoms with van der Waals surface area (Å²) in [6, 6.07) is 8.89. The van der Waals surface area contributed by atoms with Gasteiger partial charge in [0.25, 0.3) is 0 Å². The van der Waals surface area contributed by atoms with Crippen molar-refractivity contribution >= 4 is 0 Å². The van der Waals surface area contributed by atoms with Crippen LogP contribution in [-0.2, 0) is 6.11 Å². The topological polar surface area (TPSA) is 9.23 Å². The number of rotatable bonds is 5. The van der Waals surface area contributed by atoms with Gasteiger partial charge >= 0.3 is 6.11 Å². The molecule has 0 radical (unpaired) electrons. The van der Waals surface area contributed by atoms with Gasteiger partial charge in [0.05, 0.1) is 0 Å². The van der Waals surface area contributed by atoms with E-state index in [1.165, 1.54) is 0 Å². The van der Waals surface area contributed by atoms with Crippen LogP contribution < -0.4 is 4.74 Å². The van der Waals surface area contributed by atoms with Crippen molar-refractivity contribution in [3.8, 4) is 16.9 Å². The summed E-state index contributed by atoms with van der Waals surface area (Å²) in [6.45, 7) is 2.22. The largest absolute Gasteiger partial charge is 0.432 e. The highest BCUT2D eigenvalue weighted by molar-refractivity contribution is 5.64. The highest BCUT2D eigenvalue weighted by Crippen LogP contribution is 2.39. The molecular weight excluding hydrogens is 461 g/mol. The van der Waals surface area contributed by atoms with Crippen LogP contribution >= 0.6 is 0 Å². The monoisotopic (exact) mass is 482 g/mol. The van der Waals surface area contributed by atoms with Crippen LogP contribution in [0.3, 0.4) is 0 Å². The lowest BCUT2D eigenvalue weighted by Gasteiger charge is -2.26. The summed E-state index contributed by atoms with van der Waals surface area (Å²) in [4.78, 5) is 0. The second kappa shape index (κ2) is 9.31. The minimum Gasteiger partial charge on any atom is -0.429 e. The third kappa shape index (κ3) is 4.91. The quantitative estimate of drug-likeness (QED) is 0.262. The van der Waals surface area contributed by atoms with Crippen molar-refractivity contribution in [3.05, 3.63) is 88.7 Å². The highest BCUT2D eigenvalue weighted by atomic mass is 19.3. The summed E-state index contributed by atoms with van der Waals surface area (Å²) >= 11 is 0. The van der Waals surface area contributed by atoms with Gasteiger partial charge in [-0.25, -0.2) is 22.0 Å². The smallest absolute Gasteiger partial charge is 0.429 e. The second-order valence-electron chi connectivity index (χ2n) is 8.71. The van der Waals surface area contributed by atoms with Crippen molar-refractivity contribution in [1.82, 2.24) is 0 Å². The van der Waals surface area contributed by atoms with Gasteiger partial charge in [0.15, 0.2) is 17.5 Å². The van der Waals surface area contributed by atoms with Crippen molar-refractivity contribution in [3.63, 3.8) is 0 Å². The van der Waals surface area contributed by atoms with Crippen molar-refractivity contribution in [2.24, 2.45) is 5.92 Å². The molecule has 0 aromatic heterocycles. The number of halogens is 7. The summed E-state index contributed by atoms with van der Waals surface area (Å²) < 4.78 is 102. The Kier molecular flexibility index (Phi) is 6.60. The number of ether oxygens (including phenoxy) is 1. The Morgan fingerprint density at radius 2 is 1.24 bits per heavy atom. The van der Waals surface area contributed by atoms with Crippen molar-refractivity contribution < 1.29 is 35.5 Å². The molecule has 0 saturated heterocycles. The normalized spacial score (nSPS) is 18.7. The van der Waals surface area contributed by atoms with E-state index in [4.69, 9.17) is 0 Å². The van der Waals surface area contributed by atoms with E-state index < -0.39 is 46.5 Å². The Balaban J connectivity index is 1.58. The van der Waals surface area contributed by atoms with Crippen LogP contribution in [0.4, 0.5) is 30.7 Å². The minimum atomic E-state index is -4.62. The molecule has 180 valence electrons. The first-order chi connectivity index (χ1) is 16.0. The summed E-state index contributed by atoms with van der Waals surface area (Å²) in [5.74, 6) is -8.68. The molecular formula is C26H21F7O. The van der Waals surface area contributed by atoms with Gasteiger partial charge in [-0.05, 0) is 53.5 Å². The lowest BCUT2D eigenvalue weighted by molar-refractivity contribution is -0.189. The zero-order valence-electron chi connectivity index (χ0n) is 18.2. The Labute approximate surface area is 192 Å². The number of alkyl halides is 2. The molecule has 34 heavy (non-hydrogen) atoms. The molecule has 1 fully saturated rings. The van der Waals surface area contributed by atoms with Crippen LogP contribution in [0, 0.1) is 35.0 Å². The number of hydrogen-bond donors (Lipinski definition) is 0. The highest BCUT2D eigenvalue weighted by Gasteiger charge is 2.41. The average Bonchev–Trinajstić information content (AvgIpc) is 2.77. The van der Waals surface area contributed by atoms with E-state index in [1.54, 1.807) is 12.1 Å². The molecule has 0 atom stereocenters. The molecule has 0 heterocycles. The van der Waals surface area contributed by atoms with Crippen LogP contribution in [0.25, 0.3) is 11.1 Å². The van der Waals surface area contributed by atoms with Crippen LogP contribution in [0.15, 0.2) is 48.5 Å². The van der Waals surface area contributed by atoms with E-state index in [2.05, 4.69) is 11.7 Å². The molecule has 0 N–H and O–H groups in total. The Hall–Kier alpha value is -3.03. The van der Waals surface area contributed by atoms with Crippen LogP contribution in [0.2, 0.25) is 0 Å². The maximum absolute atomic E-state index is 14.6. The van der Waals surface area contributed by atoms with Crippen LogP contribution in [0.1, 0.15) is 49.7 Å². The molecule has 1 saturated carbocycles. The van der Waals surface area contributed by atoms with E-state index in [-0.39, 0.29) is 17.7 Å². The molecule has 0 amide bonds. The summed E-state index contributed by atoms with van der Waals surface area (Å²) in [6.07, 6.45) is -0.216. The molecule has 0 unspecified atom stereocenters. The number of hydrogen-bond acceptors (Lipinski definition) is 1. The third-order valence-electron chi connectivity index (χ3n) is 6.27. The first kappa shape index (κ1) is 24.1. The van der Waals surface area contributed by atoms with Crippen molar-refractivity contribution in [1.29, 1.82) is 0 Å². The molecule has 1 nitrogen and oxygen atoms in total. The van der Waals surface area contributed by atoms with Gasteiger partial charge in [0, 0.05) is 12.1 Å². The zero-order chi connectivity index (χ0) is 24.6. The van der Waals surface area contributed by atoms with E-state index in [1.807, 2.05) is 12.1 Å². The average molecular weight is 482 g/mol. The van der Waals surface area contributed by atoms with Gasteiger partial charge in [-0.15, -0.1) is 0 Å². The first-order valence-corrected chi connectivity index (χ1v) is 10.9.